The third kappa shape index (κ3) is 10.3. The van der Waals surface area contributed by atoms with E-state index >= 15 is 8.78 Å². The van der Waals surface area contributed by atoms with Gasteiger partial charge in [-0.15, -0.1) is 12.4 Å². The van der Waals surface area contributed by atoms with Gasteiger partial charge in [-0.05, 0) is 42.8 Å². The fourth-order valence-corrected chi connectivity index (χ4v) is 3.46. The standard InChI is InChI=1S/C25H26F2N6O4.C2H4O2.ClH/c1-2-36-23(22-17(26)7-16(8-18(22)27)14-5-6-20(28)32-10-14)25(35)33-11-15-4-3-13(24(30)31)9-19(15)37-12-21(29)34;1-2(3)4;/h3-10,23H,2,11-12H2,1H3,(H2,28,32)(H2,29,34)(H3,30,31)(H,33,35);1H3,(H,3,4);1H. The fraction of sp³-hybridized carbons (Fsp3) is 0.222. The number of amides is 2. The van der Waals surface area contributed by atoms with E-state index in [9.17, 15) is 9.59 Å². The van der Waals surface area contributed by atoms with Gasteiger partial charge in [0, 0.05) is 43.0 Å². The van der Waals surface area contributed by atoms with Crippen molar-refractivity contribution in [3.63, 3.8) is 0 Å². The van der Waals surface area contributed by atoms with Gasteiger partial charge in [-0.1, -0.05) is 12.1 Å². The Bertz CT molecular complexity index is 1400. The van der Waals surface area contributed by atoms with Gasteiger partial charge < -0.3 is 37.1 Å². The summed E-state index contributed by atoms with van der Waals surface area (Å²) in [5, 5.41) is 17.6. The number of nitrogens with two attached hydrogens (primary N) is 3. The summed E-state index contributed by atoms with van der Waals surface area (Å²) in [5.74, 6) is -4.15. The van der Waals surface area contributed by atoms with E-state index in [1.807, 2.05) is 0 Å². The summed E-state index contributed by atoms with van der Waals surface area (Å²) in [4.78, 5) is 37.1. The Hall–Kier alpha value is -4.82. The number of aliphatic carboxylic acids is 1. The number of amidine groups is 1. The lowest BCUT2D eigenvalue weighted by atomic mass is 10.0. The molecule has 0 fully saturated rings. The summed E-state index contributed by atoms with van der Waals surface area (Å²) in [5.41, 5.74) is 17.0. The summed E-state index contributed by atoms with van der Waals surface area (Å²) in [6.45, 7) is 2.07. The molecule has 1 aromatic heterocycles. The van der Waals surface area contributed by atoms with Crippen LogP contribution in [0.4, 0.5) is 14.6 Å². The highest BCUT2D eigenvalue weighted by atomic mass is 35.5. The molecule has 0 radical (unpaired) electrons. The molecule has 9 N–H and O–H groups in total. The zero-order valence-electron chi connectivity index (χ0n) is 22.6. The lowest BCUT2D eigenvalue weighted by molar-refractivity contribution is -0.134. The molecule has 0 aliphatic heterocycles. The minimum absolute atomic E-state index is 0. The second-order valence-electron chi connectivity index (χ2n) is 8.39. The van der Waals surface area contributed by atoms with Crippen molar-refractivity contribution < 1.29 is 37.7 Å². The number of rotatable bonds is 11. The van der Waals surface area contributed by atoms with Gasteiger partial charge in [0.05, 0.1) is 5.56 Å². The second kappa shape index (κ2) is 16.4. The number of nitrogens with zero attached hydrogens (tertiary/aromatic N) is 1. The van der Waals surface area contributed by atoms with E-state index < -0.39 is 47.7 Å². The lowest BCUT2D eigenvalue weighted by Crippen LogP contribution is -2.32. The van der Waals surface area contributed by atoms with E-state index in [0.29, 0.717) is 16.7 Å². The van der Waals surface area contributed by atoms with Crippen LogP contribution in [0.25, 0.3) is 11.1 Å². The number of nitrogen functional groups attached to an aromatic ring is 2. The number of anilines is 1. The van der Waals surface area contributed by atoms with Gasteiger partial charge in [-0.3, -0.25) is 19.8 Å². The summed E-state index contributed by atoms with van der Waals surface area (Å²) in [7, 11) is 0. The molecule has 3 rings (SSSR count). The molecular formula is C27H31ClF2N6O6. The predicted octanol–water partition coefficient (Wildman–Crippen LogP) is 2.66. The molecule has 1 atom stereocenters. The average Bonchev–Trinajstić information content (AvgIpc) is 2.89. The number of hydrogen-bond donors (Lipinski definition) is 6. The van der Waals surface area contributed by atoms with Crippen LogP contribution in [-0.2, 0) is 25.7 Å². The maximum absolute atomic E-state index is 15.1. The first-order valence-corrected chi connectivity index (χ1v) is 12.0. The number of ether oxygens (including phenoxy) is 2. The topological polar surface area (TPSA) is 217 Å². The molecule has 3 aromatic rings. The molecule has 0 spiro atoms. The van der Waals surface area contributed by atoms with Crippen LogP contribution in [0.1, 0.15) is 36.6 Å². The molecule has 1 unspecified atom stereocenters. The highest BCUT2D eigenvalue weighted by Crippen LogP contribution is 2.30. The lowest BCUT2D eigenvalue weighted by Gasteiger charge is -2.20. The first kappa shape index (κ1) is 35.2. The van der Waals surface area contributed by atoms with Crippen LogP contribution >= 0.6 is 12.4 Å². The van der Waals surface area contributed by atoms with Gasteiger partial charge >= 0.3 is 0 Å². The number of hydrogen-bond acceptors (Lipinski definition) is 8. The van der Waals surface area contributed by atoms with E-state index in [1.165, 1.54) is 30.5 Å². The molecule has 0 bridgehead atoms. The van der Waals surface area contributed by atoms with Crippen molar-refractivity contribution in [2.75, 3.05) is 18.9 Å². The Balaban J connectivity index is 0.00000165. The normalized spacial score (nSPS) is 10.8. The number of carbonyl (C=O) groups is 3. The van der Waals surface area contributed by atoms with Crippen molar-refractivity contribution in [1.82, 2.24) is 10.3 Å². The number of pyridine rings is 1. The number of benzene rings is 2. The molecule has 0 aliphatic carbocycles. The van der Waals surface area contributed by atoms with Crippen molar-refractivity contribution in [1.29, 1.82) is 5.41 Å². The summed E-state index contributed by atoms with van der Waals surface area (Å²) >= 11 is 0. The Labute approximate surface area is 246 Å². The van der Waals surface area contributed by atoms with Gasteiger partial charge in [-0.25, -0.2) is 13.8 Å². The van der Waals surface area contributed by atoms with Crippen molar-refractivity contribution >= 4 is 41.8 Å². The zero-order chi connectivity index (χ0) is 30.7. The van der Waals surface area contributed by atoms with Crippen LogP contribution in [0.5, 0.6) is 5.75 Å². The fourth-order valence-electron chi connectivity index (χ4n) is 3.46. The number of carboxylic acid groups (broad SMARTS) is 1. The number of halogens is 3. The predicted molar refractivity (Wildman–Crippen MR) is 153 cm³/mol. The average molecular weight is 609 g/mol. The highest BCUT2D eigenvalue weighted by molar-refractivity contribution is 5.95. The minimum Gasteiger partial charge on any atom is -0.483 e. The molecule has 0 saturated carbocycles. The van der Waals surface area contributed by atoms with Gasteiger partial charge in [0.2, 0.25) is 0 Å². The summed E-state index contributed by atoms with van der Waals surface area (Å²) < 4.78 is 41.0. The second-order valence-corrected chi connectivity index (χ2v) is 8.39. The molecule has 15 heteroatoms. The highest BCUT2D eigenvalue weighted by Gasteiger charge is 2.28. The molecule has 2 amide bonds. The van der Waals surface area contributed by atoms with Crippen molar-refractivity contribution in [2.24, 2.45) is 11.5 Å². The Morgan fingerprint density at radius 2 is 1.69 bits per heavy atom. The molecular weight excluding hydrogens is 578 g/mol. The zero-order valence-corrected chi connectivity index (χ0v) is 23.5. The maximum atomic E-state index is 15.1. The van der Waals surface area contributed by atoms with Gasteiger partial charge in [0.1, 0.15) is 29.0 Å². The molecule has 0 aliphatic rings. The van der Waals surface area contributed by atoms with Gasteiger partial charge in [0.25, 0.3) is 17.8 Å². The van der Waals surface area contributed by atoms with Crippen LogP contribution in [-0.4, -0.2) is 46.9 Å². The molecule has 0 saturated heterocycles. The van der Waals surface area contributed by atoms with Crippen LogP contribution in [0, 0.1) is 17.0 Å². The van der Waals surface area contributed by atoms with Crippen LogP contribution < -0.4 is 27.3 Å². The Morgan fingerprint density at radius 3 is 2.19 bits per heavy atom. The molecule has 1 heterocycles. The summed E-state index contributed by atoms with van der Waals surface area (Å²) in [6.07, 6.45) is -0.208. The first-order valence-electron chi connectivity index (χ1n) is 12.0. The maximum Gasteiger partial charge on any atom is 0.300 e. The summed E-state index contributed by atoms with van der Waals surface area (Å²) in [6, 6.07) is 9.70. The SMILES string of the molecule is CC(=O)O.CCOC(C(=O)NCc1ccc(C(=N)N)cc1OCC(N)=O)c1c(F)cc(-c2ccc(N)nc2)cc1F.Cl. The Morgan fingerprint density at radius 1 is 1.07 bits per heavy atom. The molecule has 226 valence electrons. The van der Waals surface area contributed by atoms with Crippen LogP contribution in [0.2, 0.25) is 0 Å². The van der Waals surface area contributed by atoms with E-state index in [-0.39, 0.29) is 48.5 Å². The molecule has 2 aromatic carbocycles. The number of carbonyl (C=O) groups excluding carboxylic acids is 2. The third-order valence-corrected chi connectivity index (χ3v) is 5.23. The number of primary amides is 1. The number of aromatic nitrogens is 1. The quantitative estimate of drug-likeness (QED) is 0.139. The minimum atomic E-state index is -1.59. The first-order chi connectivity index (χ1) is 19.3. The van der Waals surface area contributed by atoms with Crippen molar-refractivity contribution in [3.05, 3.63) is 77.0 Å². The monoisotopic (exact) mass is 608 g/mol. The van der Waals surface area contributed by atoms with Gasteiger partial charge in [-0.2, -0.15) is 0 Å². The van der Waals surface area contributed by atoms with E-state index in [0.717, 1.165) is 19.1 Å². The van der Waals surface area contributed by atoms with E-state index in [1.54, 1.807) is 13.0 Å². The third-order valence-electron chi connectivity index (χ3n) is 5.23. The van der Waals surface area contributed by atoms with Crippen LogP contribution in [0.3, 0.4) is 0 Å². The number of carboxylic acids is 1. The van der Waals surface area contributed by atoms with E-state index in [4.69, 9.17) is 42.0 Å². The van der Waals surface area contributed by atoms with Crippen LogP contribution in [0.15, 0.2) is 48.7 Å². The van der Waals surface area contributed by atoms with Crippen molar-refractivity contribution in [3.8, 4) is 16.9 Å². The smallest absolute Gasteiger partial charge is 0.300 e. The van der Waals surface area contributed by atoms with Gasteiger partial charge in [0.15, 0.2) is 12.7 Å². The molecule has 42 heavy (non-hydrogen) atoms. The van der Waals surface area contributed by atoms with Crippen molar-refractivity contribution in [2.45, 2.75) is 26.5 Å². The Kier molecular flexibility index (Phi) is 13.8. The van der Waals surface area contributed by atoms with E-state index in [2.05, 4.69) is 10.3 Å². The number of nitrogens with one attached hydrogen (secondary N) is 2. The molecule has 12 nitrogen and oxygen atoms in total. The largest absolute Gasteiger partial charge is 0.483 e.